The third-order valence-electron chi connectivity index (χ3n) is 4.72. The number of ether oxygens (including phenoxy) is 2. The van der Waals surface area contributed by atoms with Crippen LogP contribution in [0.15, 0.2) is 89.6 Å². The highest BCUT2D eigenvalue weighted by Crippen LogP contribution is 2.32. The number of hydrogen-bond acceptors (Lipinski definition) is 4. The zero-order chi connectivity index (χ0) is 20.9. The third-order valence-corrected chi connectivity index (χ3v) is 4.72. The van der Waals surface area contributed by atoms with E-state index in [2.05, 4.69) is 0 Å². The van der Waals surface area contributed by atoms with Crippen LogP contribution in [0.2, 0.25) is 0 Å². The van der Waals surface area contributed by atoms with Crippen molar-refractivity contribution in [3.63, 3.8) is 0 Å². The van der Waals surface area contributed by atoms with Crippen molar-refractivity contribution in [1.29, 1.82) is 0 Å². The third kappa shape index (κ3) is 3.82. The smallest absolute Gasteiger partial charge is 0.282 e. The highest BCUT2D eigenvalue weighted by Gasteiger charge is 2.33. The van der Waals surface area contributed by atoms with Crippen molar-refractivity contribution in [3.8, 4) is 11.5 Å². The number of rotatable bonds is 6. The molecule has 0 saturated heterocycles. The Balaban J connectivity index is 1.81. The molecule has 3 aromatic carbocycles. The molecule has 0 atom stereocenters. The van der Waals surface area contributed by atoms with Crippen LogP contribution in [0.25, 0.3) is 6.08 Å². The zero-order valence-electron chi connectivity index (χ0n) is 16.9. The number of amides is 1. The fraction of sp³-hybridized carbons (Fsp3) is 0.120. The van der Waals surface area contributed by atoms with Crippen LogP contribution in [0, 0.1) is 0 Å². The lowest BCUT2D eigenvalue weighted by molar-refractivity contribution is -0.113. The van der Waals surface area contributed by atoms with Crippen molar-refractivity contribution in [2.24, 2.45) is 4.99 Å². The number of benzene rings is 3. The van der Waals surface area contributed by atoms with Crippen molar-refractivity contribution in [1.82, 2.24) is 0 Å². The van der Waals surface area contributed by atoms with Gasteiger partial charge in [-0.15, -0.1) is 0 Å². The molecule has 0 bridgehead atoms. The van der Waals surface area contributed by atoms with Gasteiger partial charge in [0.2, 0.25) is 0 Å². The van der Waals surface area contributed by atoms with Crippen molar-refractivity contribution in [2.45, 2.75) is 6.92 Å². The molecule has 1 aliphatic heterocycles. The summed E-state index contributed by atoms with van der Waals surface area (Å²) in [7, 11) is 1.61. The van der Waals surface area contributed by atoms with Crippen LogP contribution < -0.4 is 14.4 Å². The summed E-state index contributed by atoms with van der Waals surface area (Å²) in [5.41, 5.74) is 2.75. The molecule has 30 heavy (non-hydrogen) atoms. The van der Waals surface area contributed by atoms with Crippen LogP contribution >= 0.6 is 0 Å². The lowest BCUT2D eigenvalue weighted by Crippen LogP contribution is -2.32. The average molecular weight is 398 g/mol. The molecule has 0 aromatic heterocycles. The summed E-state index contributed by atoms with van der Waals surface area (Å²) in [6.45, 7) is 2.52. The Morgan fingerprint density at radius 2 is 1.63 bits per heavy atom. The summed E-state index contributed by atoms with van der Waals surface area (Å²) in [5.74, 6) is 1.75. The van der Waals surface area contributed by atoms with E-state index in [1.54, 1.807) is 18.1 Å². The Hall–Kier alpha value is -3.86. The van der Waals surface area contributed by atoms with Crippen molar-refractivity contribution >= 4 is 23.5 Å². The lowest BCUT2D eigenvalue weighted by atomic mass is 10.1. The average Bonchev–Trinajstić information content (AvgIpc) is 3.11. The van der Waals surface area contributed by atoms with E-state index in [0.717, 1.165) is 16.9 Å². The highest BCUT2D eigenvalue weighted by molar-refractivity contribution is 6.33. The van der Waals surface area contributed by atoms with Gasteiger partial charge in [0.15, 0.2) is 5.84 Å². The number of nitrogens with zero attached hydrogens (tertiary/aromatic N) is 2. The monoisotopic (exact) mass is 398 g/mol. The van der Waals surface area contributed by atoms with Crippen molar-refractivity contribution in [2.75, 3.05) is 18.6 Å². The molecule has 0 aliphatic carbocycles. The van der Waals surface area contributed by atoms with Gasteiger partial charge in [0.05, 0.1) is 25.0 Å². The van der Waals surface area contributed by atoms with Crippen molar-refractivity contribution in [3.05, 3.63) is 95.7 Å². The Bertz CT molecular complexity index is 1100. The number of amidine groups is 1. The van der Waals surface area contributed by atoms with Gasteiger partial charge in [-0.1, -0.05) is 42.5 Å². The van der Waals surface area contributed by atoms with E-state index < -0.39 is 0 Å². The Morgan fingerprint density at radius 1 is 0.933 bits per heavy atom. The maximum Gasteiger partial charge on any atom is 0.282 e. The number of methoxy groups -OCH3 is 1. The quantitative estimate of drug-likeness (QED) is 0.553. The van der Waals surface area contributed by atoms with Gasteiger partial charge in [-0.05, 0) is 55.0 Å². The van der Waals surface area contributed by atoms with Crippen LogP contribution in [-0.4, -0.2) is 25.5 Å². The molecule has 5 heteroatoms. The second-order valence-electron chi connectivity index (χ2n) is 6.64. The maximum absolute atomic E-state index is 13.4. The van der Waals surface area contributed by atoms with Gasteiger partial charge in [-0.2, -0.15) is 0 Å². The van der Waals surface area contributed by atoms with Crippen LogP contribution in [0.4, 0.5) is 5.69 Å². The first-order valence-corrected chi connectivity index (χ1v) is 9.77. The minimum absolute atomic E-state index is 0.191. The molecule has 1 heterocycles. The fourth-order valence-corrected chi connectivity index (χ4v) is 3.33. The number of carbonyl (C=O) groups is 1. The van der Waals surface area contributed by atoms with Crippen LogP contribution in [0.3, 0.4) is 0 Å². The molecule has 0 radical (unpaired) electrons. The van der Waals surface area contributed by atoms with E-state index in [-0.39, 0.29) is 5.91 Å². The summed E-state index contributed by atoms with van der Waals surface area (Å²) >= 11 is 0. The van der Waals surface area contributed by atoms with Gasteiger partial charge in [0.1, 0.15) is 17.2 Å². The molecule has 3 aromatic rings. The molecule has 0 unspecified atom stereocenters. The maximum atomic E-state index is 13.4. The van der Waals surface area contributed by atoms with Gasteiger partial charge in [-0.3, -0.25) is 9.69 Å². The van der Waals surface area contributed by atoms with Crippen LogP contribution in [0.5, 0.6) is 11.5 Å². The van der Waals surface area contributed by atoms with Gasteiger partial charge >= 0.3 is 0 Å². The summed E-state index contributed by atoms with van der Waals surface area (Å²) in [4.78, 5) is 19.7. The van der Waals surface area contributed by atoms with E-state index >= 15 is 0 Å². The SMILES string of the molecule is CCOc1ccc(N2C(=O)/C(=C\c3ccccc3)N=C2c2ccccc2OC)cc1. The second kappa shape index (κ2) is 8.66. The molecule has 5 nitrogen and oxygen atoms in total. The van der Waals surface area contributed by atoms with Crippen LogP contribution in [-0.2, 0) is 4.79 Å². The summed E-state index contributed by atoms with van der Waals surface area (Å²) in [6, 6.07) is 24.7. The number of carbonyl (C=O) groups excluding carboxylic acids is 1. The van der Waals surface area contributed by atoms with E-state index in [1.165, 1.54) is 0 Å². The molecule has 0 spiro atoms. The number of anilines is 1. The molecule has 0 N–H and O–H groups in total. The first kappa shape index (κ1) is 19.5. The fourth-order valence-electron chi connectivity index (χ4n) is 3.33. The highest BCUT2D eigenvalue weighted by atomic mass is 16.5. The molecule has 150 valence electrons. The second-order valence-corrected chi connectivity index (χ2v) is 6.64. The molecular formula is C25H22N2O3. The summed E-state index contributed by atoms with van der Waals surface area (Å²) < 4.78 is 11.1. The molecular weight excluding hydrogens is 376 g/mol. The first-order valence-electron chi connectivity index (χ1n) is 9.77. The largest absolute Gasteiger partial charge is 0.496 e. The van der Waals surface area contributed by atoms with Crippen molar-refractivity contribution < 1.29 is 14.3 Å². The van der Waals surface area contributed by atoms with Gasteiger partial charge in [-0.25, -0.2) is 4.99 Å². The first-order chi connectivity index (χ1) is 14.7. The normalized spacial score (nSPS) is 14.7. The Morgan fingerprint density at radius 3 is 2.33 bits per heavy atom. The minimum Gasteiger partial charge on any atom is -0.496 e. The van der Waals surface area contributed by atoms with E-state index in [9.17, 15) is 4.79 Å². The topological polar surface area (TPSA) is 51.1 Å². The zero-order valence-corrected chi connectivity index (χ0v) is 16.9. The minimum atomic E-state index is -0.191. The standard InChI is InChI=1S/C25H22N2O3/c1-3-30-20-15-13-19(14-16-20)27-24(21-11-7-8-12-23(21)29-2)26-22(25(27)28)17-18-9-5-4-6-10-18/h4-17H,3H2,1-2H3/b22-17+. The van der Waals surface area contributed by atoms with E-state index in [0.29, 0.717) is 29.6 Å². The lowest BCUT2D eigenvalue weighted by Gasteiger charge is -2.20. The number of hydrogen-bond donors (Lipinski definition) is 0. The Kier molecular flexibility index (Phi) is 5.61. The molecule has 1 aliphatic rings. The van der Waals surface area contributed by atoms with Crippen LogP contribution in [0.1, 0.15) is 18.1 Å². The van der Waals surface area contributed by atoms with E-state index in [1.807, 2.05) is 85.8 Å². The molecule has 4 rings (SSSR count). The number of para-hydroxylation sites is 1. The summed E-state index contributed by atoms with van der Waals surface area (Å²) in [6.07, 6.45) is 1.80. The van der Waals surface area contributed by atoms with E-state index in [4.69, 9.17) is 14.5 Å². The molecule has 1 amide bonds. The van der Waals surface area contributed by atoms with Gasteiger partial charge in [0.25, 0.3) is 5.91 Å². The Labute approximate surface area is 175 Å². The predicted octanol–water partition coefficient (Wildman–Crippen LogP) is 4.93. The van der Waals surface area contributed by atoms with Gasteiger partial charge in [0, 0.05) is 0 Å². The number of aliphatic imine (C=N–C) groups is 1. The molecule has 0 saturated carbocycles. The molecule has 0 fully saturated rings. The predicted molar refractivity (Wildman–Crippen MR) is 119 cm³/mol. The summed E-state index contributed by atoms with van der Waals surface area (Å²) in [5, 5.41) is 0. The van der Waals surface area contributed by atoms with Gasteiger partial charge < -0.3 is 9.47 Å².